The van der Waals surface area contributed by atoms with Gasteiger partial charge in [0.05, 0.1) is 6.42 Å². The molecule has 1 saturated heterocycles. The molecule has 2 aromatic carbocycles. The number of carbonyl (C=O) groups excluding carboxylic acids is 3. The molecule has 0 aliphatic carbocycles. The Kier molecular flexibility index (Phi) is 7.13. The maximum absolute atomic E-state index is 12.3. The third-order valence-electron chi connectivity index (χ3n) is 4.45. The second-order valence-corrected chi connectivity index (χ2v) is 7.82. The van der Waals surface area contributed by atoms with Crippen LogP contribution < -0.4 is 15.8 Å². The topological polar surface area (TPSA) is 102 Å². The highest BCUT2D eigenvalue weighted by Crippen LogP contribution is 2.15. The molecular formula is C21H23N3O4S. The SMILES string of the molecule is NC(=O)c1cccc(OCC(=O)Nc2ccc(CC(=O)N3CCSCC3)cc2)c1. The fraction of sp³-hybridized carbons (Fsp3) is 0.286. The van der Waals surface area contributed by atoms with Gasteiger partial charge in [0.15, 0.2) is 6.61 Å². The van der Waals surface area contributed by atoms with Crippen LogP contribution in [0, 0.1) is 0 Å². The van der Waals surface area contributed by atoms with E-state index in [1.54, 1.807) is 30.3 Å². The molecular weight excluding hydrogens is 390 g/mol. The summed E-state index contributed by atoms with van der Waals surface area (Å²) in [5, 5.41) is 2.74. The summed E-state index contributed by atoms with van der Waals surface area (Å²) >= 11 is 1.87. The number of ether oxygens (including phenoxy) is 1. The van der Waals surface area contributed by atoms with Gasteiger partial charge in [0.2, 0.25) is 11.8 Å². The fourth-order valence-electron chi connectivity index (χ4n) is 2.89. The molecule has 1 aliphatic rings. The van der Waals surface area contributed by atoms with Gasteiger partial charge in [-0.25, -0.2) is 0 Å². The molecule has 2 aromatic rings. The number of amides is 3. The van der Waals surface area contributed by atoms with Crippen LogP contribution in [0.25, 0.3) is 0 Å². The van der Waals surface area contributed by atoms with Gasteiger partial charge in [0, 0.05) is 35.8 Å². The number of nitrogens with one attached hydrogen (secondary N) is 1. The molecule has 3 N–H and O–H groups in total. The van der Waals surface area contributed by atoms with Crippen molar-refractivity contribution in [2.75, 3.05) is 36.5 Å². The molecule has 3 amide bonds. The zero-order valence-electron chi connectivity index (χ0n) is 15.9. The summed E-state index contributed by atoms with van der Waals surface area (Å²) < 4.78 is 5.40. The third-order valence-corrected chi connectivity index (χ3v) is 5.39. The van der Waals surface area contributed by atoms with E-state index in [0.29, 0.717) is 23.4 Å². The van der Waals surface area contributed by atoms with Gasteiger partial charge >= 0.3 is 0 Å². The van der Waals surface area contributed by atoms with Gasteiger partial charge < -0.3 is 20.7 Å². The van der Waals surface area contributed by atoms with E-state index in [2.05, 4.69) is 5.32 Å². The standard InChI is InChI=1S/C21H23N3O4S/c22-21(27)16-2-1-3-18(13-16)28-14-19(25)23-17-6-4-15(5-7-17)12-20(26)24-8-10-29-11-9-24/h1-7,13H,8-12,14H2,(H2,22,27)(H,23,25). The molecule has 0 atom stereocenters. The molecule has 0 radical (unpaired) electrons. The summed E-state index contributed by atoms with van der Waals surface area (Å²) in [4.78, 5) is 37.5. The lowest BCUT2D eigenvalue weighted by molar-refractivity contribution is -0.130. The summed E-state index contributed by atoms with van der Waals surface area (Å²) in [6.07, 6.45) is 0.359. The van der Waals surface area contributed by atoms with E-state index >= 15 is 0 Å². The molecule has 1 fully saturated rings. The van der Waals surface area contributed by atoms with Gasteiger partial charge in [-0.1, -0.05) is 18.2 Å². The van der Waals surface area contributed by atoms with Crippen LogP contribution in [0.4, 0.5) is 5.69 Å². The van der Waals surface area contributed by atoms with Crippen LogP contribution in [0.15, 0.2) is 48.5 Å². The van der Waals surface area contributed by atoms with Crippen molar-refractivity contribution in [2.45, 2.75) is 6.42 Å². The van der Waals surface area contributed by atoms with Crippen molar-refractivity contribution >= 4 is 35.2 Å². The summed E-state index contributed by atoms with van der Waals surface area (Å²) in [6.45, 7) is 1.41. The Morgan fingerprint density at radius 2 is 1.79 bits per heavy atom. The van der Waals surface area contributed by atoms with Gasteiger partial charge in [-0.05, 0) is 35.9 Å². The Morgan fingerprint density at radius 1 is 1.07 bits per heavy atom. The zero-order valence-corrected chi connectivity index (χ0v) is 16.7. The normalized spacial score (nSPS) is 13.6. The summed E-state index contributed by atoms with van der Waals surface area (Å²) in [5.41, 5.74) is 7.07. The van der Waals surface area contributed by atoms with E-state index in [1.807, 2.05) is 28.8 Å². The molecule has 0 spiro atoms. The lowest BCUT2D eigenvalue weighted by atomic mass is 10.1. The molecule has 152 valence electrons. The number of thioether (sulfide) groups is 1. The number of nitrogens with two attached hydrogens (primary N) is 1. The highest BCUT2D eigenvalue weighted by Gasteiger charge is 2.16. The molecule has 1 aliphatic heterocycles. The number of primary amides is 1. The molecule has 8 heteroatoms. The van der Waals surface area contributed by atoms with Crippen LogP contribution in [-0.4, -0.2) is 53.8 Å². The molecule has 0 aromatic heterocycles. The first kappa shape index (κ1) is 20.7. The Labute approximate surface area is 173 Å². The molecule has 0 unspecified atom stereocenters. The lowest BCUT2D eigenvalue weighted by Gasteiger charge is -2.26. The van der Waals surface area contributed by atoms with Gasteiger partial charge in [0.25, 0.3) is 5.91 Å². The minimum Gasteiger partial charge on any atom is -0.484 e. The number of hydrogen-bond acceptors (Lipinski definition) is 5. The number of rotatable bonds is 7. The summed E-state index contributed by atoms with van der Waals surface area (Å²) in [6, 6.07) is 13.5. The van der Waals surface area contributed by atoms with E-state index in [4.69, 9.17) is 10.5 Å². The molecule has 3 rings (SSSR count). The predicted molar refractivity (Wildman–Crippen MR) is 113 cm³/mol. The molecule has 1 heterocycles. The third kappa shape index (κ3) is 6.25. The first-order valence-electron chi connectivity index (χ1n) is 9.28. The van der Waals surface area contributed by atoms with Crippen molar-refractivity contribution in [2.24, 2.45) is 5.73 Å². The monoisotopic (exact) mass is 413 g/mol. The molecule has 0 bridgehead atoms. The Balaban J connectivity index is 1.47. The predicted octanol–water partition coefficient (Wildman–Crippen LogP) is 1.92. The van der Waals surface area contributed by atoms with Gasteiger partial charge in [-0.3, -0.25) is 14.4 Å². The fourth-order valence-corrected chi connectivity index (χ4v) is 3.79. The smallest absolute Gasteiger partial charge is 0.262 e. The minimum absolute atomic E-state index is 0.133. The van der Waals surface area contributed by atoms with E-state index in [-0.39, 0.29) is 18.4 Å². The van der Waals surface area contributed by atoms with Gasteiger partial charge in [-0.2, -0.15) is 11.8 Å². The van der Waals surface area contributed by atoms with Crippen molar-refractivity contribution < 1.29 is 19.1 Å². The second-order valence-electron chi connectivity index (χ2n) is 6.60. The van der Waals surface area contributed by atoms with E-state index < -0.39 is 5.91 Å². The Morgan fingerprint density at radius 3 is 2.48 bits per heavy atom. The molecule has 7 nitrogen and oxygen atoms in total. The van der Waals surface area contributed by atoms with Crippen molar-refractivity contribution in [3.05, 3.63) is 59.7 Å². The number of benzene rings is 2. The van der Waals surface area contributed by atoms with E-state index in [0.717, 1.165) is 30.2 Å². The first-order valence-corrected chi connectivity index (χ1v) is 10.4. The average molecular weight is 413 g/mol. The van der Waals surface area contributed by atoms with Crippen LogP contribution in [0.2, 0.25) is 0 Å². The van der Waals surface area contributed by atoms with Crippen LogP contribution in [0.3, 0.4) is 0 Å². The highest BCUT2D eigenvalue weighted by molar-refractivity contribution is 7.99. The van der Waals surface area contributed by atoms with E-state index in [1.165, 1.54) is 6.07 Å². The van der Waals surface area contributed by atoms with Crippen LogP contribution in [-0.2, 0) is 16.0 Å². The first-order chi connectivity index (χ1) is 14.0. The van der Waals surface area contributed by atoms with Gasteiger partial charge in [0.1, 0.15) is 5.75 Å². The Hall–Kier alpha value is -3.00. The molecule has 0 saturated carbocycles. The maximum Gasteiger partial charge on any atom is 0.262 e. The van der Waals surface area contributed by atoms with Crippen molar-refractivity contribution in [1.82, 2.24) is 4.90 Å². The average Bonchev–Trinajstić information content (AvgIpc) is 2.74. The number of nitrogens with zero attached hydrogens (tertiary/aromatic N) is 1. The quantitative estimate of drug-likeness (QED) is 0.722. The van der Waals surface area contributed by atoms with Crippen molar-refractivity contribution in [1.29, 1.82) is 0 Å². The maximum atomic E-state index is 12.3. The lowest BCUT2D eigenvalue weighted by Crippen LogP contribution is -2.38. The van der Waals surface area contributed by atoms with Gasteiger partial charge in [-0.15, -0.1) is 0 Å². The molecule has 29 heavy (non-hydrogen) atoms. The summed E-state index contributed by atoms with van der Waals surface area (Å²) in [5.74, 6) is 1.62. The highest BCUT2D eigenvalue weighted by atomic mass is 32.2. The Bertz CT molecular complexity index is 880. The van der Waals surface area contributed by atoms with E-state index in [9.17, 15) is 14.4 Å². The van der Waals surface area contributed by atoms with Crippen LogP contribution >= 0.6 is 11.8 Å². The summed E-state index contributed by atoms with van der Waals surface area (Å²) in [7, 11) is 0. The largest absolute Gasteiger partial charge is 0.484 e. The van der Waals surface area contributed by atoms with Crippen LogP contribution in [0.5, 0.6) is 5.75 Å². The number of anilines is 1. The van der Waals surface area contributed by atoms with Crippen molar-refractivity contribution in [3.63, 3.8) is 0 Å². The van der Waals surface area contributed by atoms with Crippen LogP contribution in [0.1, 0.15) is 15.9 Å². The minimum atomic E-state index is -0.558. The second kappa shape index (κ2) is 9.97. The number of hydrogen-bond donors (Lipinski definition) is 2. The van der Waals surface area contributed by atoms with Crippen molar-refractivity contribution in [3.8, 4) is 5.75 Å². The zero-order chi connectivity index (χ0) is 20.6. The number of carbonyl (C=O) groups is 3.